The normalized spacial score (nSPS) is 21.6. The third-order valence-electron chi connectivity index (χ3n) is 6.21. The molecule has 0 fully saturated rings. The molecule has 2 heterocycles. The summed E-state index contributed by atoms with van der Waals surface area (Å²) in [5.41, 5.74) is 11.4. The van der Waals surface area contributed by atoms with Crippen molar-refractivity contribution in [1.82, 2.24) is 0 Å². The zero-order chi connectivity index (χ0) is 23.4. The summed E-state index contributed by atoms with van der Waals surface area (Å²) in [6.07, 6.45) is 7.47. The van der Waals surface area contributed by atoms with Gasteiger partial charge in [0.05, 0.1) is 12.5 Å². The van der Waals surface area contributed by atoms with Crippen molar-refractivity contribution in [3.63, 3.8) is 0 Å². The van der Waals surface area contributed by atoms with E-state index in [0.29, 0.717) is 5.57 Å². The van der Waals surface area contributed by atoms with Crippen LogP contribution in [0.25, 0.3) is 6.08 Å². The molecule has 0 spiro atoms. The highest BCUT2D eigenvalue weighted by atomic mass is 32.2. The molecule has 0 saturated carbocycles. The fourth-order valence-electron chi connectivity index (χ4n) is 4.65. The van der Waals surface area contributed by atoms with Crippen molar-refractivity contribution in [2.24, 2.45) is 5.73 Å². The third kappa shape index (κ3) is 5.01. The average molecular weight is 477 g/mol. The fourth-order valence-corrected chi connectivity index (χ4v) is 5.46. The molecule has 2 aliphatic rings. The first-order valence-corrected chi connectivity index (χ1v) is 13.7. The van der Waals surface area contributed by atoms with Crippen molar-refractivity contribution < 1.29 is 9.64 Å². The molecule has 2 aliphatic heterocycles. The van der Waals surface area contributed by atoms with Crippen molar-refractivity contribution in [2.45, 2.75) is 29.1 Å². The Balaban J connectivity index is 1.82. The van der Waals surface area contributed by atoms with Gasteiger partial charge in [0.1, 0.15) is 30.5 Å². The average Bonchev–Trinajstić information content (AvgIpc) is 2.84. The Bertz CT molecular complexity index is 1140. The van der Waals surface area contributed by atoms with Gasteiger partial charge in [-0.05, 0) is 60.4 Å². The number of nitrogens with zero attached hydrogens (tertiary/aromatic N) is 1. The van der Waals surface area contributed by atoms with Crippen LogP contribution in [0.5, 0.6) is 0 Å². The molecule has 0 aliphatic carbocycles. The molecule has 0 saturated heterocycles. The second-order valence-electron chi connectivity index (χ2n) is 8.35. The van der Waals surface area contributed by atoms with E-state index >= 15 is 0 Å². The van der Waals surface area contributed by atoms with Crippen LogP contribution in [-0.2, 0) is 4.74 Å². The number of quaternary nitrogens is 1. The number of ether oxygens (including phenoxy) is 1. The molecule has 4 rings (SSSR count). The highest BCUT2D eigenvalue weighted by Gasteiger charge is 2.39. The Kier molecular flexibility index (Phi) is 7.54. The molecular weight excluding hydrogens is 446 g/mol. The lowest BCUT2D eigenvalue weighted by Gasteiger charge is -2.36. The first-order valence-electron chi connectivity index (χ1n) is 11.2. The van der Waals surface area contributed by atoms with Gasteiger partial charge in [-0.25, -0.2) is 0 Å². The minimum atomic E-state index is -0.177. The molecule has 0 radical (unpaired) electrons. The van der Waals surface area contributed by atoms with Gasteiger partial charge in [0.15, 0.2) is 0 Å². The largest absolute Gasteiger partial charge is 0.440 e. The number of nitrogens with one attached hydrogen (secondary N) is 1. The lowest BCUT2D eigenvalue weighted by atomic mass is 9.80. The van der Waals surface area contributed by atoms with Gasteiger partial charge < -0.3 is 15.4 Å². The molecule has 2 aromatic carbocycles. The molecule has 0 aromatic heterocycles. The molecule has 1 unspecified atom stereocenters. The predicted molar refractivity (Wildman–Crippen MR) is 138 cm³/mol. The van der Waals surface area contributed by atoms with Crippen molar-refractivity contribution in [3.05, 3.63) is 88.0 Å². The number of hydrogen-bond acceptors (Lipinski definition) is 5. The zero-order valence-electron chi connectivity index (χ0n) is 19.4. The van der Waals surface area contributed by atoms with E-state index in [2.05, 4.69) is 80.1 Å². The van der Waals surface area contributed by atoms with Gasteiger partial charge >= 0.3 is 0 Å². The number of allylic oxidation sites excluding steroid dienone is 1. The van der Waals surface area contributed by atoms with E-state index < -0.39 is 0 Å². The standard InChI is InChI=1S/C27H29N3OS2/c1-4-13-30-16-20(14-18-5-9-21(32-2)10-6-18)26-24(17-30)25(23(15-28)27(29)31-26)19-7-11-22(33-3)12-8-19/h5-12,14,25H,4,13,16-17,29H2,1-3H3/p+1/b20-14+/t25-/m0/s1. The summed E-state index contributed by atoms with van der Waals surface area (Å²) in [4.78, 5) is 3.93. The van der Waals surface area contributed by atoms with Crippen molar-refractivity contribution in [2.75, 3.05) is 32.1 Å². The summed E-state index contributed by atoms with van der Waals surface area (Å²) in [5, 5.41) is 9.99. The number of hydrogen-bond donors (Lipinski definition) is 2. The van der Waals surface area contributed by atoms with Crippen molar-refractivity contribution in [1.29, 1.82) is 5.26 Å². The minimum Gasteiger partial charge on any atom is -0.440 e. The Labute approximate surface area is 205 Å². The van der Waals surface area contributed by atoms with E-state index in [9.17, 15) is 5.26 Å². The Hall–Kier alpha value is -2.59. The van der Waals surface area contributed by atoms with Gasteiger partial charge in [-0.2, -0.15) is 5.26 Å². The lowest BCUT2D eigenvalue weighted by molar-refractivity contribution is -0.892. The molecule has 33 heavy (non-hydrogen) atoms. The SMILES string of the molecule is CCC[NH+]1CC2=C(OC(N)=C(C#N)[C@@H]2c2ccc(SC)cc2)/C(=C/c2ccc(SC)cc2)C1. The number of rotatable bonds is 6. The van der Waals surface area contributed by atoms with E-state index in [0.717, 1.165) is 54.1 Å². The monoisotopic (exact) mass is 476 g/mol. The third-order valence-corrected chi connectivity index (χ3v) is 7.70. The maximum atomic E-state index is 9.99. The van der Waals surface area contributed by atoms with Crippen LogP contribution in [0.4, 0.5) is 0 Å². The van der Waals surface area contributed by atoms with Crippen LogP contribution >= 0.6 is 23.5 Å². The zero-order valence-corrected chi connectivity index (χ0v) is 21.0. The van der Waals surface area contributed by atoms with E-state index in [1.807, 2.05) is 0 Å². The van der Waals surface area contributed by atoms with E-state index in [1.165, 1.54) is 14.7 Å². The molecule has 170 valence electrons. The summed E-state index contributed by atoms with van der Waals surface area (Å²) in [6, 6.07) is 19.4. The summed E-state index contributed by atoms with van der Waals surface area (Å²) in [5.74, 6) is 0.890. The van der Waals surface area contributed by atoms with Crippen LogP contribution in [-0.4, -0.2) is 32.1 Å². The van der Waals surface area contributed by atoms with E-state index in [-0.39, 0.29) is 11.8 Å². The molecular formula is C27H30N3OS2+. The van der Waals surface area contributed by atoms with Crippen molar-refractivity contribution in [3.8, 4) is 6.07 Å². The van der Waals surface area contributed by atoms with Crippen LogP contribution in [0.15, 0.2) is 86.7 Å². The first kappa shape index (κ1) is 23.6. The van der Waals surface area contributed by atoms with Crippen LogP contribution in [0, 0.1) is 11.3 Å². The van der Waals surface area contributed by atoms with E-state index in [1.54, 1.807) is 23.5 Å². The van der Waals surface area contributed by atoms with E-state index in [4.69, 9.17) is 10.5 Å². The minimum absolute atomic E-state index is 0.177. The highest BCUT2D eigenvalue weighted by molar-refractivity contribution is 7.98. The van der Waals surface area contributed by atoms with Gasteiger partial charge in [-0.1, -0.05) is 31.2 Å². The number of benzene rings is 2. The molecule has 0 amide bonds. The summed E-state index contributed by atoms with van der Waals surface area (Å²) < 4.78 is 6.17. The number of nitriles is 1. The first-order chi connectivity index (χ1) is 16.1. The van der Waals surface area contributed by atoms with Crippen LogP contribution in [0.1, 0.15) is 30.4 Å². The smallest absolute Gasteiger partial charge is 0.205 e. The van der Waals surface area contributed by atoms with Crippen LogP contribution in [0.3, 0.4) is 0 Å². The molecule has 2 atom stereocenters. The second kappa shape index (κ2) is 10.6. The Morgan fingerprint density at radius 3 is 2.27 bits per heavy atom. The highest BCUT2D eigenvalue weighted by Crippen LogP contribution is 2.42. The molecule has 0 bridgehead atoms. The number of nitrogens with two attached hydrogens (primary N) is 1. The molecule has 3 N–H and O–H groups in total. The topological polar surface area (TPSA) is 63.5 Å². The summed E-state index contributed by atoms with van der Waals surface area (Å²) >= 11 is 3.45. The molecule has 6 heteroatoms. The van der Waals surface area contributed by atoms with Crippen LogP contribution in [0.2, 0.25) is 0 Å². The van der Waals surface area contributed by atoms with Gasteiger partial charge in [0.2, 0.25) is 5.88 Å². The fraction of sp³-hybridized carbons (Fsp3) is 0.296. The van der Waals surface area contributed by atoms with Gasteiger partial charge in [0, 0.05) is 20.9 Å². The Morgan fingerprint density at radius 2 is 1.70 bits per heavy atom. The van der Waals surface area contributed by atoms with Gasteiger partial charge in [-0.15, -0.1) is 23.5 Å². The second-order valence-corrected chi connectivity index (χ2v) is 10.1. The predicted octanol–water partition coefficient (Wildman–Crippen LogP) is 4.58. The lowest BCUT2D eigenvalue weighted by Crippen LogP contribution is -3.13. The number of thioether (sulfide) groups is 2. The maximum absolute atomic E-state index is 9.99. The van der Waals surface area contributed by atoms with Gasteiger partial charge in [0.25, 0.3) is 0 Å². The summed E-state index contributed by atoms with van der Waals surface area (Å²) in [6.45, 7) is 5.01. The summed E-state index contributed by atoms with van der Waals surface area (Å²) in [7, 11) is 0. The van der Waals surface area contributed by atoms with Crippen LogP contribution < -0.4 is 10.6 Å². The molecule has 2 aromatic rings. The van der Waals surface area contributed by atoms with Gasteiger partial charge in [-0.3, -0.25) is 0 Å². The Morgan fingerprint density at radius 1 is 1.06 bits per heavy atom. The maximum Gasteiger partial charge on any atom is 0.205 e. The van der Waals surface area contributed by atoms with Crippen molar-refractivity contribution >= 4 is 29.6 Å². The molecule has 4 nitrogen and oxygen atoms in total. The quantitative estimate of drug-likeness (QED) is 0.598.